The number of nitrogens with one attached hydrogen (secondary N) is 2. The second-order valence-electron chi connectivity index (χ2n) is 12.9. The maximum atomic E-state index is 14.6. The number of nitrogens with zero attached hydrogens (tertiary/aromatic N) is 1. The number of fused-ring (bicyclic) bond motifs is 1. The normalized spacial score (nSPS) is 13.4. The van der Waals surface area contributed by atoms with Gasteiger partial charge >= 0.3 is 0 Å². The van der Waals surface area contributed by atoms with Gasteiger partial charge in [-0.3, -0.25) is 9.59 Å². The zero-order valence-electron chi connectivity index (χ0n) is 29.3. The van der Waals surface area contributed by atoms with Crippen LogP contribution in [-0.2, 0) is 34.0 Å². The molecule has 0 radical (unpaired) electrons. The summed E-state index contributed by atoms with van der Waals surface area (Å²) in [7, 11) is -3.88. The van der Waals surface area contributed by atoms with Gasteiger partial charge in [0.1, 0.15) is 17.7 Å². The molecule has 0 aliphatic rings. The molecular formula is C38H49ClF2N4O5S. The highest BCUT2D eigenvalue weighted by Crippen LogP contribution is 2.20. The third-order valence-corrected chi connectivity index (χ3v) is 11.2. The summed E-state index contributed by atoms with van der Waals surface area (Å²) in [4.78, 5) is 32.6. The van der Waals surface area contributed by atoms with E-state index in [2.05, 4.69) is 10.3 Å². The molecule has 278 valence electrons. The van der Waals surface area contributed by atoms with Crippen LogP contribution in [-0.4, -0.2) is 71.0 Å². The molecule has 51 heavy (non-hydrogen) atoms. The highest BCUT2D eigenvalue weighted by atomic mass is 35.5. The van der Waals surface area contributed by atoms with E-state index in [0.717, 1.165) is 41.1 Å². The van der Waals surface area contributed by atoms with Crippen molar-refractivity contribution in [1.29, 1.82) is 0 Å². The Morgan fingerprint density at radius 3 is 2.24 bits per heavy atom. The van der Waals surface area contributed by atoms with Gasteiger partial charge in [-0.2, -0.15) is 0 Å². The van der Waals surface area contributed by atoms with Crippen LogP contribution in [0.3, 0.4) is 0 Å². The maximum Gasteiger partial charge on any atom is 0.252 e. The molecule has 5 N–H and O–H groups in total. The van der Waals surface area contributed by atoms with Gasteiger partial charge in [-0.1, -0.05) is 63.9 Å². The first-order valence-corrected chi connectivity index (χ1v) is 18.9. The molecule has 0 fully saturated rings. The minimum atomic E-state index is -3.88. The standard InChI is InChI=1S/C38H48F2N4O5S.ClH/c1-4-8-32(9-5-2)50(48,49)24-35(43-37(46)29-13-12-28-14-15-42-34(28)20-29)38(47)44(22-26-11-7-10-25(6-3)16-26)23-36(45)33(41)19-27-17-30(39)21-31(40)18-27;/h7,10-18,20-21,32-33,35-36,42,45H,4-6,8-9,19,22-24,41H2,1-3H3,(H,43,46);1H/t33-,35?,36+;/m0./s1. The van der Waals surface area contributed by atoms with Crippen molar-refractivity contribution in [2.75, 3.05) is 12.3 Å². The fourth-order valence-electron chi connectivity index (χ4n) is 6.24. The van der Waals surface area contributed by atoms with E-state index in [1.54, 1.807) is 24.4 Å². The summed E-state index contributed by atoms with van der Waals surface area (Å²) >= 11 is 0. The van der Waals surface area contributed by atoms with Crippen LogP contribution in [0.15, 0.2) is 72.9 Å². The fraction of sp³-hybridized carbons (Fsp3) is 0.421. The van der Waals surface area contributed by atoms with Crippen LogP contribution >= 0.6 is 12.4 Å². The molecule has 4 aromatic rings. The number of sulfone groups is 1. The number of aromatic nitrogens is 1. The number of hydrogen-bond acceptors (Lipinski definition) is 6. The Hall–Kier alpha value is -3.84. The molecule has 9 nitrogen and oxygen atoms in total. The summed E-state index contributed by atoms with van der Waals surface area (Å²) in [6, 6.07) is 14.8. The van der Waals surface area contributed by atoms with Gasteiger partial charge < -0.3 is 26.0 Å². The Labute approximate surface area is 305 Å². The van der Waals surface area contributed by atoms with E-state index in [1.165, 1.54) is 4.90 Å². The molecule has 0 saturated heterocycles. The number of halogens is 3. The molecule has 13 heteroatoms. The van der Waals surface area contributed by atoms with Crippen LogP contribution in [0.2, 0.25) is 0 Å². The first-order valence-electron chi connectivity index (χ1n) is 17.2. The molecule has 0 saturated carbocycles. The maximum absolute atomic E-state index is 14.6. The zero-order chi connectivity index (χ0) is 36.4. The monoisotopic (exact) mass is 746 g/mol. The molecule has 1 unspecified atom stereocenters. The topological polar surface area (TPSA) is 146 Å². The fourth-order valence-corrected chi connectivity index (χ4v) is 8.39. The van der Waals surface area contributed by atoms with Crippen LogP contribution in [0.25, 0.3) is 10.9 Å². The Balaban J connectivity index is 0.00000702. The molecule has 1 heterocycles. The van der Waals surface area contributed by atoms with Gasteiger partial charge in [0.25, 0.3) is 5.91 Å². The van der Waals surface area contributed by atoms with Crippen LogP contribution in [0.1, 0.15) is 73.5 Å². The van der Waals surface area contributed by atoms with E-state index in [9.17, 15) is 31.9 Å². The van der Waals surface area contributed by atoms with Crippen molar-refractivity contribution in [3.63, 3.8) is 0 Å². The SMILES string of the molecule is CCCC(CCC)S(=O)(=O)CC(NC(=O)c1ccc2cc[nH]c2c1)C(=O)N(Cc1cccc(CC)c1)C[C@@H](O)[C@@H](N)Cc1cc(F)cc(F)c1.Cl. The van der Waals surface area contributed by atoms with Crippen molar-refractivity contribution in [3.8, 4) is 0 Å². The Morgan fingerprint density at radius 2 is 1.59 bits per heavy atom. The van der Waals surface area contributed by atoms with E-state index in [4.69, 9.17) is 5.73 Å². The molecular weight excluding hydrogens is 698 g/mol. The number of hydrogen-bond donors (Lipinski definition) is 4. The summed E-state index contributed by atoms with van der Waals surface area (Å²) in [6.07, 6.45) is 3.10. The van der Waals surface area contributed by atoms with E-state index in [-0.39, 0.29) is 43.0 Å². The third kappa shape index (κ3) is 11.6. The van der Waals surface area contributed by atoms with Crippen molar-refractivity contribution < 1.29 is 31.9 Å². The summed E-state index contributed by atoms with van der Waals surface area (Å²) in [6.45, 7) is 5.44. The molecule has 3 aromatic carbocycles. The number of aliphatic hydroxyl groups excluding tert-OH is 1. The number of rotatable bonds is 18. The first kappa shape index (κ1) is 41.6. The molecule has 3 atom stereocenters. The molecule has 2 amide bonds. The van der Waals surface area contributed by atoms with Crippen molar-refractivity contribution in [1.82, 2.24) is 15.2 Å². The molecule has 0 aliphatic heterocycles. The van der Waals surface area contributed by atoms with E-state index in [1.807, 2.05) is 51.1 Å². The number of carbonyl (C=O) groups is 2. The number of aryl methyl sites for hydroxylation is 1. The van der Waals surface area contributed by atoms with Gasteiger partial charge in [0.15, 0.2) is 9.84 Å². The number of carbonyl (C=O) groups excluding carboxylic acids is 2. The molecule has 0 spiro atoms. The predicted molar refractivity (Wildman–Crippen MR) is 199 cm³/mol. The van der Waals surface area contributed by atoms with E-state index in [0.29, 0.717) is 31.2 Å². The Kier molecular flexibility index (Phi) is 15.6. The van der Waals surface area contributed by atoms with Gasteiger partial charge in [-0.15, -0.1) is 12.4 Å². The second kappa shape index (κ2) is 19.1. The van der Waals surface area contributed by atoms with Crippen molar-refractivity contribution in [2.24, 2.45) is 5.73 Å². The predicted octanol–water partition coefficient (Wildman–Crippen LogP) is 5.87. The average molecular weight is 747 g/mol. The zero-order valence-corrected chi connectivity index (χ0v) is 30.9. The number of nitrogens with two attached hydrogens (primary N) is 1. The minimum absolute atomic E-state index is 0. The van der Waals surface area contributed by atoms with Gasteiger partial charge in [0.2, 0.25) is 5.91 Å². The van der Waals surface area contributed by atoms with Crippen LogP contribution in [0.5, 0.6) is 0 Å². The van der Waals surface area contributed by atoms with Gasteiger partial charge in [0.05, 0.1) is 17.1 Å². The van der Waals surface area contributed by atoms with Crippen molar-refractivity contribution in [2.45, 2.75) is 89.3 Å². The third-order valence-electron chi connectivity index (χ3n) is 8.93. The van der Waals surface area contributed by atoms with Crippen LogP contribution in [0.4, 0.5) is 8.78 Å². The van der Waals surface area contributed by atoms with Gasteiger partial charge in [0, 0.05) is 42.5 Å². The smallest absolute Gasteiger partial charge is 0.252 e. The number of H-pyrrole nitrogens is 1. The minimum Gasteiger partial charge on any atom is -0.390 e. The molecule has 0 aliphatic carbocycles. The lowest BCUT2D eigenvalue weighted by Gasteiger charge is -2.32. The number of amides is 2. The lowest BCUT2D eigenvalue weighted by Crippen LogP contribution is -2.55. The second-order valence-corrected chi connectivity index (χ2v) is 15.3. The summed E-state index contributed by atoms with van der Waals surface area (Å²) in [5, 5.41) is 14.2. The van der Waals surface area contributed by atoms with Crippen molar-refractivity contribution >= 4 is 45.0 Å². The van der Waals surface area contributed by atoms with Gasteiger partial charge in [-0.05, 0) is 78.1 Å². The summed E-state index contributed by atoms with van der Waals surface area (Å²) in [5.74, 6) is -3.54. The highest BCUT2D eigenvalue weighted by Gasteiger charge is 2.36. The molecule has 0 bridgehead atoms. The van der Waals surface area contributed by atoms with Crippen molar-refractivity contribution in [3.05, 3.63) is 107 Å². The molecule has 1 aromatic heterocycles. The molecule has 4 rings (SSSR count). The van der Waals surface area contributed by atoms with Gasteiger partial charge in [-0.25, -0.2) is 17.2 Å². The number of benzene rings is 3. The first-order chi connectivity index (χ1) is 23.8. The van der Waals surface area contributed by atoms with E-state index < -0.39 is 62.5 Å². The Morgan fingerprint density at radius 1 is 0.922 bits per heavy atom. The lowest BCUT2D eigenvalue weighted by molar-refractivity contribution is -0.135. The quantitative estimate of drug-likeness (QED) is 0.100. The lowest BCUT2D eigenvalue weighted by atomic mass is 10.0. The Bertz CT molecular complexity index is 1850. The number of aliphatic hydroxyl groups is 1. The summed E-state index contributed by atoms with van der Waals surface area (Å²) in [5.41, 5.74) is 9.22. The highest BCUT2D eigenvalue weighted by molar-refractivity contribution is 7.92. The summed E-state index contributed by atoms with van der Waals surface area (Å²) < 4.78 is 55.5. The largest absolute Gasteiger partial charge is 0.390 e. The average Bonchev–Trinajstić information content (AvgIpc) is 3.55. The van der Waals surface area contributed by atoms with Crippen LogP contribution < -0.4 is 11.1 Å². The number of aromatic amines is 1. The van der Waals surface area contributed by atoms with E-state index >= 15 is 0 Å². The van der Waals surface area contributed by atoms with Crippen LogP contribution in [0, 0.1) is 11.6 Å².